The number of nitrogens with zero attached hydrogens (tertiary/aromatic N) is 7. The van der Waals surface area contributed by atoms with E-state index in [9.17, 15) is 0 Å². The number of fused-ring (bicyclic) bond motifs is 5. The van der Waals surface area contributed by atoms with Crippen LogP contribution in [0.25, 0.3) is 22.9 Å². The predicted molar refractivity (Wildman–Crippen MR) is 127 cm³/mol. The minimum Gasteiger partial charge on any atom is -0.377 e. The van der Waals surface area contributed by atoms with Gasteiger partial charge in [0, 0.05) is 41.8 Å². The van der Waals surface area contributed by atoms with Gasteiger partial charge in [-0.1, -0.05) is 17.5 Å². The van der Waals surface area contributed by atoms with Crippen LogP contribution in [0.1, 0.15) is 22.8 Å². The van der Waals surface area contributed by atoms with E-state index in [2.05, 4.69) is 32.0 Å². The molecule has 34 heavy (non-hydrogen) atoms. The number of pyridine rings is 1. The van der Waals surface area contributed by atoms with Gasteiger partial charge in [-0.15, -0.1) is 10.2 Å². The molecule has 0 spiro atoms. The Bertz CT molecular complexity index is 1550. The van der Waals surface area contributed by atoms with Crippen molar-refractivity contribution in [2.24, 2.45) is 0 Å². The number of benzene rings is 1. The second kappa shape index (κ2) is 8.30. The van der Waals surface area contributed by atoms with Crippen LogP contribution in [0.2, 0.25) is 5.02 Å². The van der Waals surface area contributed by atoms with E-state index >= 15 is 0 Å². The molecule has 0 radical (unpaired) electrons. The maximum atomic E-state index is 6.32. The van der Waals surface area contributed by atoms with Crippen LogP contribution >= 0.6 is 11.6 Å². The average Bonchev–Trinajstić information content (AvgIpc) is 3.59. The Labute approximate surface area is 200 Å². The van der Waals surface area contributed by atoms with E-state index in [4.69, 9.17) is 16.3 Å². The molecule has 0 unspecified atom stereocenters. The van der Waals surface area contributed by atoms with Gasteiger partial charge in [0.1, 0.15) is 24.4 Å². The van der Waals surface area contributed by atoms with Crippen molar-refractivity contribution in [3.8, 4) is 34.7 Å². The van der Waals surface area contributed by atoms with Crippen LogP contribution in [0.5, 0.6) is 0 Å². The number of imidazole rings is 1. The van der Waals surface area contributed by atoms with Gasteiger partial charge in [0.05, 0.1) is 17.9 Å². The quantitative estimate of drug-likeness (QED) is 0.369. The molecular formula is C25H18ClN7O. The van der Waals surface area contributed by atoms with Crippen molar-refractivity contribution in [2.75, 3.05) is 7.11 Å². The van der Waals surface area contributed by atoms with Gasteiger partial charge in [0.2, 0.25) is 0 Å². The molecule has 5 heterocycles. The first kappa shape index (κ1) is 20.4. The Morgan fingerprint density at radius 1 is 1.06 bits per heavy atom. The third-order valence-electron chi connectivity index (χ3n) is 5.68. The van der Waals surface area contributed by atoms with Crippen molar-refractivity contribution < 1.29 is 4.74 Å². The second-order valence-electron chi connectivity index (χ2n) is 7.78. The summed E-state index contributed by atoms with van der Waals surface area (Å²) < 4.78 is 11.3. The summed E-state index contributed by atoms with van der Waals surface area (Å²) >= 11 is 6.32. The van der Waals surface area contributed by atoms with E-state index in [1.165, 1.54) is 0 Å². The Morgan fingerprint density at radius 2 is 1.94 bits per heavy atom. The van der Waals surface area contributed by atoms with Gasteiger partial charge in [-0.3, -0.25) is 4.57 Å². The number of methoxy groups -OCH3 is 1. The molecule has 1 aromatic carbocycles. The van der Waals surface area contributed by atoms with Gasteiger partial charge in [-0.25, -0.2) is 9.97 Å². The Morgan fingerprint density at radius 3 is 2.74 bits per heavy atom. The SMILES string of the molecule is COCc1nnc2n1Cc1c(C#Cc3ccc(-n4cccc4)nc3)ncn1-c1ccc(Cl)cc1-2. The molecule has 8 nitrogen and oxygen atoms in total. The van der Waals surface area contributed by atoms with E-state index in [0.29, 0.717) is 23.9 Å². The molecule has 6 rings (SSSR count). The van der Waals surface area contributed by atoms with Crippen molar-refractivity contribution in [3.63, 3.8) is 0 Å². The molecule has 0 aliphatic carbocycles. The lowest BCUT2D eigenvalue weighted by Crippen LogP contribution is -2.09. The highest BCUT2D eigenvalue weighted by molar-refractivity contribution is 6.31. The summed E-state index contributed by atoms with van der Waals surface area (Å²) in [7, 11) is 1.64. The zero-order chi connectivity index (χ0) is 23.1. The molecule has 0 atom stereocenters. The predicted octanol–water partition coefficient (Wildman–Crippen LogP) is 3.88. The van der Waals surface area contributed by atoms with Crippen molar-refractivity contribution in [2.45, 2.75) is 13.2 Å². The number of ether oxygens (including phenoxy) is 1. The lowest BCUT2D eigenvalue weighted by atomic mass is 10.1. The number of hydrogen-bond acceptors (Lipinski definition) is 5. The standard InChI is InChI=1S/C25H18ClN7O/c1-34-15-24-29-30-25-19-12-18(26)6-8-21(19)33-16-28-20(22(33)14-32(24)25)7-4-17-5-9-23(27-13-17)31-10-2-3-11-31/h2-3,5-6,8-13,16H,14-15H2,1H3. The fraction of sp³-hybridized carbons (Fsp3) is 0.120. The minimum absolute atomic E-state index is 0.345. The second-order valence-corrected chi connectivity index (χ2v) is 8.21. The Balaban J connectivity index is 1.42. The van der Waals surface area contributed by atoms with Gasteiger partial charge < -0.3 is 13.9 Å². The highest BCUT2D eigenvalue weighted by Crippen LogP contribution is 2.34. The first-order valence-corrected chi connectivity index (χ1v) is 11.0. The first-order valence-electron chi connectivity index (χ1n) is 10.6. The summed E-state index contributed by atoms with van der Waals surface area (Å²) in [5.41, 5.74) is 4.23. The molecule has 1 aliphatic heterocycles. The lowest BCUT2D eigenvalue weighted by molar-refractivity contribution is 0.174. The monoisotopic (exact) mass is 467 g/mol. The lowest BCUT2D eigenvalue weighted by Gasteiger charge is -2.08. The molecule has 0 amide bonds. The van der Waals surface area contributed by atoms with E-state index in [-0.39, 0.29) is 0 Å². The van der Waals surface area contributed by atoms with E-state index < -0.39 is 0 Å². The number of rotatable bonds is 3. The molecule has 0 saturated carbocycles. The largest absolute Gasteiger partial charge is 0.377 e. The zero-order valence-electron chi connectivity index (χ0n) is 18.2. The van der Waals surface area contributed by atoms with Crippen molar-refractivity contribution in [3.05, 3.63) is 95.2 Å². The normalized spacial score (nSPS) is 11.7. The third kappa shape index (κ3) is 3.48. The zero-order valence-corrected chi connectivity index (χ0v) is 18.9. The molecule has 0 bridgehead atoms. The summed E-state index contributed by atoms with van der Waals surface area (Å²) in [6.45, 7) is 0.847. The van der Waals surface area contributed by atoms with Gasteiger partial charge >= 0.3 is 0 Å². The summed E-state index contributed by atoms with van der Waals surface area (Å²) in [6, 6.07) is 13.5. The number of hydrogen-bond donors (Lipinski definition) is 0. The van der Waals surface area contributed by atoms with E-state index in [1.54, 1.807) is 19.6 Å². The fourth-order valence-electron chi connectivity index (χ4n) is 4.05. The Kier molecular flexibility index (Phi) is 4.99. The molecule has 9 heteroatoms. The average molecular weight is 468 g/mol. The van der Waals surface area contributed by atoms with Crippen LogP contribution in [0.4, 0.5) is 0 Å². The number of halogens is 1. The minimum atomic E-state index is 0.345. The third-order valence-corrected chi connectivity index (χ3v) is 5.91. The molecule has 0 fully saturated rings. The van der Waals surface area contributed by atoms with Crippen LogP contribution in [-0.4, -0.2) is 41.0 Å². The summed E-state index contributed by atoms with van der Waals surface area (Å²) in [5, 5.41) is 9.39. The van der Waals surface area contributed by atoms with Crippen molar-refractivity contribution >= 4 is 11.6 Å². The molecular weight excluding hydrogens is 450 g/mol. The van der Waals surface area contributed by atoms with Gasteiger partial charge in [0.15, 0.2) is 11.6 Å². The smallest absolute Gasteiger partial charge is 0.166 e. The Hall–Kier alpha value is -4.19. The maximum absolute atomic E-state index is 6.32. The summed E-state index contributed by atoms with van der Waals surface area (Å²) in [5.74, 6) is 8.72. The highest BCUT2D eigenvalue weighted by Gasteiger charge is 2.25. The summed E-state index contributed by atoms with van der Waals surface area (Å²) in [4.78, 5) is 9.12. The molecule has 5 aromatic rings. The molecule has 4 aromatic heterocycles. The van der Waals surface area contributed by atoms with Gasteiger partial charge in [-0.2, -0.15) is 0 Å². The maximum Gasteiger partial charge on any atom is 0.166 e. The van der Waals surface area contributed by atoms with Crippen molar-refractivity contribution in [1.82, 2.24) is 33.9 Å². The molecule has 0 saturated heterocycles. The van der Waals surface area contributed by atoms with Crippen molar-refractivity contribution in [1.29, 1.82) is 0 Å². The van der Waals surface area contributed by atoms with Crippen LogP contribution in [0.15, 0.2) is 67.4 Å². The summed E-state index contributed by atoms with van der Waals surface area (Å²) in [6.07, 6.45) is 7.46. The number of aromatic nitrogens is 7. The molecule has 166 valence electrons. The van der Waals surface area contributed by atoms with Gasteiger partial charge in [-0.05, 0) is 48.4 Å². The van der Waals surface area contributed by atoms with Crippen LogP contribution in [0.3, 0.4) is 0 Å². The topological polar surface area (TPSA) is 75.6 Å². The first-order chi connectivity index (χ1) is 16.7. The van der Waals surface area contributed by atoms with Crippen LogP contribution < -0.4 is 0 Å². The highest BCUT2D eigenvalue weighted by atomic mass is 35.5. The van der Waals surface area contributed by atoms with E-state index in [1.807, 2.05) is 68.6 Å². The van der Waals surface area contributed by atoms with Crippen LogP contribution in [-0.2, 0) is 17.9 Å². The molecule has 0 N–H and O–H groups in total. The molecule has 1 aliphatic rings. The fourth-order valence-corrected chi connectivity index (χ4v) is 4.22. The van der Waals surface area contributed by atoms with E-state index in [0.717, 1.165) is 40.0 Å². The van der Waals surface area contributed by atoms with Crippen LogP contribution in [0, 0.1) is 11.8 Å². The van der Waals surface area contributed by atoms with Gasteiger partial charge in [0.25, 0.3) is 0 Å².